The largest absolute Gasteiger partial charge is 0.459 e. The molecule has 3 aliphatic heterocycles. The highest BCUT2D eigenvalue weighted by molar-refractivity contribution is 5.91. The average molecular weight is 393 g/mol. The summed E-state index contributed by atoms with van der Waals surface area (Å²) in [4.78, 5) is 38.5. The van der Waals surface area contributed by atoms with Gasteiger partial charge >= 0.3 is 17.9 Å². The van der Waals surface area contributed by atoms with Gasteiger partial charge < -0.3 is 19.3 Å². The summed E-state index contributed by atoms with van der Waals surface area (Å²) in [6.45, 7) is 7.83. The summed E-state index contributed by atoms with van der Waals surface area (Å²) in [5.41, 5.74) is -0.624. The Hall–Kier alpha value is -2.19. The number of hydrogen-bond acceptors (Lipinski definition) is 8. The average Bonchev–Trinajstić information content (AvgIpc) is 3.31. The summed E-state index contributed by atoms with van der Waals surface area (Å²) in [6, 6.07) is -0.146. The molecular weight excluding hydrogens is 366 g/mol. The van der Waals surface area contributed by atoms with Gasteiger partial charge in [-0.25, -0.2) is 9.59 Å². The molecule has 8 nitrogen and oxygen atoms in total. The van der Waals surface area contributed by atoms with E-state index in [1.165, 1.54) is 13.8 Å². The van der Waals surface area contributed by atoms with Gasteiger partial charge in [0.25, 0.3) is 0 Å². The number of fused-ring (bicyclic) bond motifs is 1. The van der Waals surface area contributed by atoms with Crippen molar-refractivity contribution >= 4 is 17.9 Å². The van der Waals surface area contributed by atoms with E-state index >= 15 is 0 Å². The van der Waals surface area contributed by atoms with Gasteiger partial charge in [-0.1, -0.05) is 12.2 Å². The van der Waals surface area contributed by atoms with Crippen molar-refractivity contribution in [2.75, 3.05) is 19.7 Å². The third-order valence-electron chi connectivity index (χ3n) is 6.05. The van der Waals surface area contributed by atoms with Crippen molar-refractivity contribution in [1.29, 1.82) is 0 Å². The van der Waals surface area contributed by atoms with E-state index in [2.05, 4.69) is 4.90 Å². The molecule has 3 aliphatic rings. The lowest BCUT2D eigenvalue weighted by atomic mass is 9.87. The van der Waals surface area contributed by atoms with Crippen LogP contribution in [0.5, 0.6) is 0 Å². The minimum Gasteiger partial charge on any atom is -0.459 e. The molecule has 3 heterocycles. The molecule has 1 unspecified atom stereocenters. The number of ether oxygens (including phenoxy) is 3. The van der Waals surface area contributed by atoms with Crippen LogP contribution in [0.3, 0.4) is 0 Å². The van der Waals surface area contributed by atoms with E-state index in [1.54, 1.807) is 19.9 Å². The van der Waals surface area contributed by atoms with Crippen LogP contribution in [-0.4, -0.2) is 71.5 Å². The molecule has 28 heavy (non-hydrogen) atoms. The summed E-state index contributed by atoms with van der Waals surface area (Å²) in [6.07, 6.45) is 3.08. The maximum Gasteiger partial charge on any atom is 0.343 e. The number of aliphatic hydroxyl groups is 1. The first-order valence-corrected chi connectivity index (χ1v) is 9.57. The van der Waals surface area contributed by atoms with Crippen LogP contribution in [0.4, 0.5) is 0 Å². The van der Waals surface area contributed by atoms with Crippen molar-refractivity contribution in [1.82, 2.24) is 4.90 Å². The lowest BCUT2D eigenvalue weighted by molar-refractivity contribution is -0.173. The molecule has 3 rings (SSSR count). The van der Waals surface area contributed by atoms with Crippen molar-refractivity contribution in [2.24, 2.45) is 5.92 Å². The van der Waals surface area contributed by atoms with Gasteiger partial charge in [0.15, 0.2) is 0 Å². The Balaban J connectivity index is 1.64. The predicted molar refractivity (Wildman–Crippen MR) is 98.0 cm³/mol. The minimum absolute atomic E-state index is 0.0351. The summed E-state index contributed by atoms with van der Waals surface area (Å²) < 4.78 is 16.0. The Morgan fingerprint density at radius 3 is 2.75 bits per heavy atom. The van der Waals surface area contributed by atoms with Crippen LogP contribution in [0, 0.1) is 5.92 Å². The summed E-state index contributed by atoms with van der Waals surface area (Å²) >= 11 is 0. The van der Waals surface area contributed by atoms with Gasteiger partial charge in [0.2, 0.25) is 5.60 Å². The van der Waals surface area contributed by atoms with E-state index in [1.807, 2.05) is 6.08 Å². The quantitative estimate of drug-likeness (QED) is 0.316. The highest BCUT2D eigenvalue weighted by Gasteiger charge is 2.59. The van der Waals surface area contributed by atoms with Gasteiger partial charge in [-0.2, -0.15) is 0 Å². The second kappa shape index (κ2) is 7.67. The fraction of sp³-hybridized carbons (Fsp3) is 0.650. The van der Waals surface area contributed by atoms with Crippen LogP contribution < -0.4 is 0 Å². The third kappa shape index (κ3) is 3.35. The molecule has 0 amide bonds. The highest BCUT2D eigenvalue weighted by atomic mass is 16.6. The van der Waals surface area contributed by atoms with Crippen LogP contribution >= 0.6 is 0 Å². The lowest BCUT2D eigenvalue weighted by Crippen LogP contribution is -2.50. The van der Waals surface area contributed by atoms with Gasteiger partial charge in [0.05, 0.1) is 12.0 Å². The molecule has 0 aromatic rings. The summed E-state index contributed by atoms with van der Waals surface area (Å²) in [7, 11) is 0. The number of esters is 3. The number of carbonyl (C=O) groups is 3. The third-order valence-corrected chi connectivity index (χ3v) is 6.05. The van der Waals surface area contributed by atoms with Crippen molar-refractivity contribution in [3.8, 4) is 0 Å². The van der Waals surface area contributed by atoms with Gasteiger partial charge in [0, 0.05) is 18.7 Å². The van der Waals surface area contributed by atoms with E-state index in [0.29, 0.717) is 18.5 Å². The van der Waals surface area contributed by atoms with E-state index in [9.17, 15) is 19.5 Å². The lowest BCUT2D eigenvalue weighted by Gasteiger charge is -2.27. The molecule has 0 aromatic carbocycles. The van der Waals surface area contributed by atoms with Crippen LogP contribution in [0.25, 0.3) is 0 Å². The Bertz CT molecular complexity index is 743. The van der Waals surface area contributed by atoms with Gasteiger partial charge in [-0.15, -0.1) is 0 Å². The fourth-order valence-electron chi connectivity index (χ4n) is 3.98. The van der Waals surface area contributed by atoms with Gasteiger partial charge in [0.1, 0.15) is 18.8 Å². The monoisotopic (exact) mass is 393 g/mol. The summed E-state index contributed by atoms with van der Waals surface area (Å²) in [5, 5.41) is 10.7. The van der Waals surface area contributed by atoms with Crippen molar-refractivity contribution in [3.63, 3.8) is 0 Å². The molecule has 0 aliphatic carbocycles. The van der Waals surface area contributed by atoms with Gasteiger partial charge in [-0.3, -0.25) is 9.69 Å². The van der Waals surface area contributed by atoms with Crippen LogP contribution in [0.1, 0.15) is 34.1 Å². The molecule has 8 heteroatoms. The molecule has 0 bridgehead atoms. The molecule has 1 N–H and O–H groups in total. The van der Waals surface area contributed by atoms with E-state index in [-0.39, 0.29) is 24.7 Å². The minimum atomic E-state index is -2.00. The fourth-order valence-corrected chi connectivity index (χ4v) is 3.98. The molecule has 2 saturated heterocycles. The van der Waals surface area contributed by atoms with Crippen molar-refractivity contribution < 1.29 is 33.7 Å². The Labute approximate surface area is 164 Å². The molecule has 0 spiro atoms. The Kier molecular flexibility index (Phi) is 5.63. The molecule has 0 radical (unpaired) electrons. The zero-order valence-corrected chi connectivity index (χ0v) is 16.6. The van der Waals surface area contributed by atoms with E-state index in [4.69, 9.17) is 14.2 Å². The van der Waals surface area contributed by atoms with Crippen LogP contribution in [0.2, 0.25) is 0 Å². The molecule has 0 saturated carbocycles. The highest BCUT2D eigenvalue weighted by Crippen LogP contribution is 2.35. The molecule has 2 fully saturated rings. The molecular formula is C20H27NO7. The smallest absolute Gasteiger partial charge is 0.343 e. The normalized spacial score (nSPS) is 35.4. The van der Waals surface area contributed by atoms with E-state index in [0.717, 1.165) is 12.1 Å². The van der Waals surface area contributed by atoms with Crippen LogP contribution in [-0.2, 0) is 28.6 Å². The molecule has 154 valence electrons. The first-order valence-electron chi connectivity index (χ1n) is 9.57. The zero-order valence-electron chi connectivity index (χ0n) is 16.6. The maximum atomic E-state index is 12.5. The number of rotatable bonds is 5. The SMILES string of the molecule is C/C=C(/C)C(=O)O[C@@H]1CCN2CC=C(COC(=O)[C@]3(O)[C@H](C)C(=O)O[C@@H]3C)C12. The number of nitrogens with zero attached hydrogens (tertiary/aromatic N) is 1. The first-order chi connectivity index (χ1) is 13.2. The summed E-state index contributed by atoms with van der Waals surface area (Å²) in [5.74, 6) is -2.85. The number of hydrogen-bond donors (Lipinski definition) is 1. The number of carbonyl (C=O) groups excluding carboxylic acids is 3. The predicted octanol–water partition coefficient (Wildman–Crippen LogP) is 0.734. The maximum absolute atomic E-state index is 12.5. The first kappa shape index (κ1) is 20.5. The zero-order chi connectivity index (χ0) is 20.6. The van der Waals surface area contributed by atoms with Crippen molar-refractivity contribution in [3.05, 3.63) is 23.3 Å². The van der Waals surface area contributed by atoms with Crippen LogP contribution in [0.15, 0.2) is 23.3 Å². The van der Waals surface area contributed by atoms with Gasteiger partial charge in [-0.05, 0) is 39.7 Å². The standard InChI is InChI=1S/C20H27NO7/c1-5-11(2)17(22)28-15-7-9-21-8-6-14(16(15)21)10-26-19(24)20(25)12(3)18(23)27-13(20)4/h5-6,12-13,15-16,25H,7-10H2,1-4H3/b11-5-/t12-,13-,15-,16?,20+/m1/s1. The number of allylic oxidation sites excluding steroid dienone is 1. The molecule has 5 atom stereocenters. The second-order valence-corrected chi connectivity index (χ2v) is 7.63. The van der Waals surface area contributed by atoms with Crippen molar-refractivity contribution in [2.45, 2.75) is 58.0 Å². The topological polar surface area (TPSA) is 102 Å². The number of cyclic esters (lactones) is 1. The van der Waals surface area contributed by atoms with E-state index < -0.39 is 29.6 Å². The second-order valence-electron chi connectivity index (χ2n) is 7.63. The molecule has 0 aromatic heterocycles. The Morgan fingerprint density at radius 1 is 1.43 bits per heavy atom. The Morgan fingerprint density at radius 2 is 2.14 bits per heavy atom.